The summed E-state index contributed by atoms with van der Waals surface area (Å²) in [6, 6.07) is 5.11. The maximum Gasteiger partial charge on any atom is 0.238 e. The Morgan fingerprint density at radius 1 is 1.19 bits per heavy atom. The van der Waals surface area contributed by atoms with Crippen molar-refractivity contribution in [2.45, 2.75) is 24.0 Å². The smallest absolute Gasteiger partial charge is 0.212 e. The predicted octanol–water partition coefficient (Wildman–Crippen LogP) is 3.64. The zero-order chi connectivity index (χ0) is 12.0. The lowest BCUT2D eigenvalue weighted by molar-refractivity contribution is 0.590. The molecular weight excluding hydrogens is 291 g/mol. The quantitative estimate of drug-likeness (QED) is 0.799. The Balaban J connectivity index is 2.36. The van der Waals surface area contributed by atoms with E-state index in [1.165, 1.54) is 0 Å². The Kier molecular flexibility index (Phi) is 3.17. The summed E-state index contributed by atoms with van der Waals surface area (Å²) in [6.45, 7) is 0. The molecule has 1 aliphatic rings. The summed E-state index contributed by atoms with van der Waals surface area (Å²) in [5, 5.41) is 0.971. The van der Waals surface area contributed by atoms with Gasteiger partial charge < -0.3 is 0 Å². The fourth-order valence-electron chi connectivity index (χ4n) is 1.67. The van der Waals surface area contributed by atoms with E-state index in [2.05, 4.69) is 0 Å². The van der Waals surface area contributed by atoms with Crippen molar-refractivity contribution in [3.05, 3.63) is 33.8 Å². The number of rotatable bonds is 3. The Morgan fingerprint density at radius 2 is 1.69 bits per heavy atom. The molecule has 1 saturated carbocycles. The third-order valence-electron chi connectivity index (χ3n) is 2.89. The molecule has 6 heteroatoms. The molecule has 1 aromatic rings. The lowest BCUT2D eigenvalue weighted by Crippen LogP contribution is -2.21. The molecule has 0 N–H and O–H groups in total. The van der Waals surface area contributed by atoms with Gasteiger partial charge in [0.2, 0.25) is 9.05 Å². The lowest BCUT2D eigenvalue weighted by Gasteiger charge is -2.13. The van der Waals surface area contributed by atoms with Crippen LogP contribution in [0.4, 0.5) is 0 Å². The summed E-state index contributed by atoms with van der Waals surface area (Å²) in [4.78, 5) is 0. The Labute approximate surface area is 109 Å². The van der Waals surface area contributed by atoms with Crippen LogP contribution in [-0.4, -0.2) is 13.2 Å². The van der Waals surface area contributed by atoms with E-state index >= 15 is 0 Å². The van der Waals surface area contributed by atoms with Crippen molar-refractivity contribution in [3.63, 3.8) is 0 Å². The maximum absolute atomic E-state index is 11.4. The molecule has 0 aromatic heterocycles. The van der Waals surface area contributed by atoms with E-state index in [4.69, 9.17) is 33.9 Å². The normalized spacial score (nSPS) is 18.4. The van der Waals surface area contributed by atoms with Crippen LogP contribution in [0.3, 0.4) is 0 Å². The molecule has 0 amide bonds. The van der Waals surface area contributed by atoms with Crippen molar-refractivity contribution >= 4 is 42.9 Å². The number of halogens is 3. The fourth-order valence-corrected chi connectivity index (χ4v) is 3.73. The zero-order valence-corrected chi connectivity index (χ0v) is 11.3. The van der Waals surface area contributed by atoms with E-state index in [1.54, 1.807) is 18.2 Å². The molecule has 0 radical (unpaired) electrons. The Morgan fingerprint density at radius 3 is 2.06 bits per heavy atom. The molecule has 0 heterocycles. The molecule has 0 spiro atoms. The van der Waals surface area contributed by atoms with Crippen LogP contribution in [0.2, 0.25) is 10.0 Å². The molecule has 1 aliphatic carbocycles. The minimum Gasteiger partial charge on any atom is -0.212 e. The highest BCUT2D eigenvalue weighted by Crippen LogP contribution is 2.49. The summed E-state index contributed by atoms with van der Waals surface area (Å²) in [7, 11) is 1.86. The second-order valence-corrected chi connectivity index (χ2v) is 7.77. The summed E-state index contributed by atoms with van der Waals surface area (Å²) < 4.78 is 22.0. The molecule has 16 heavy (non-hydrogen) atoms. The van der Waals surface area contributed by atoms with Gasteiger partial charge in [-0.1, -0.05) is 29.3 Å². The molecule has 0 unspecified atom stereocenters. The largest absolute Gasteiger partial charge is 0.238 e. The third-order valence-corrected chi connectivity index (χ3v) is 6.16. The van der Waals surface area contributed by atoms with Crippen molar-refractivity contribution in [3.8, 4) is 0 Å². The first kappa shape index (κ1) is 12.5. The van der Waals surface area contributed by atoms with Crippen LogP contribution in [-0.2, 0) is 15.5 Å². The second-order valence-electron chi connectivity index (χ2n) is 4.00. The highest BCUT2D eigenvalue weighted by molar-refractivity contribution is 8.15. The Bertz CT molecular complexity index is 501. The van der Waals surface area contributed by atoms with Crippen LogP contribution in [0, 0.1) is 0 Å². The first-order valence-corrected chi connectivity index (χ1v) is 7.79. The SMILES string of the molecule is O=S(=O)(Cl)C1(Cc2c(Cl)cccc2Cl)CC1. The van der Waals surface area contributed by atoms with Crippen LogP contribution in [0.25, 0.3) is 0 Å². The fraction of sp³-hybridized carbons (Fsp3) is 0.400. The number of benzene rings is 1. The first-order valence-electron chi connectivity index (χ1n) is 4.73. The van der Waals surface area contributed by atoms with Gasteiger partial charge in [0.05, 0.1) is 4.75 Å². The highest BCUT2D eigenvalue weighted by atomic mass is 35.7. The van der Waals surface area contributed by atoms with E-state index in [0.29, 0.717) is 28.5 Å². The molecule has 1 fully saturated rings. The average molecular weight is 300 g/mol. The van der Waals surface area contributed by atoms with E-state index in [9.17, 15) is 8.42 Å². The van der Waals surface area contributed by atoms with Gasteiger partial charge in [-0.05, 0) is 37.0 Å². The summed E-state index contributed by atoms with van der Waals surface area (Å²) in [5.41, 5.74) is 0.660. The van der Waals surface area contributed by atoms with Gasteiger partial charge in [0.1, 0.15) is 0 Å². The van der Waals surface area contributed by atoms with Crippen LogP contribution in [0.5, 0.6) is 0 Å². The summed E-state index contributed by atoms with van der Waals surface area (Å²) >= 11 is 12.0. The van der Waals surface area contributed by atoms with Crippen molar-refractivity contribution in [2.24, 2.45) is 0 Å². The molecule has 0 aliphatic heterocycles. The van der Waals surface area contributed by atoms with Crippen LogP contribution in [0.15, 0.2) is 18.2 Å². The van der Waals surface area contributed by atoms with Gasteiger partial charge in [-0.15, -0.1) is 0 Å². The topological polar surface area (TPSA) is 34.1 Å². The van der Waals surface area contributed by atoms with Gasteiger partial charge in [0.25, 0.3) is 0 Å². The van der Waals surface area contributed by atoms with Crippen molar-refractivity contribution in [2.75, 3.05) is 0 Å². The Hall–Kier alpha value is 0.0400. The maximum atomic E-state index is 11.4. The molecular formula is C10H9Cl3O2S. The number of hydrogen-bond acceptors (Lipinski definition) is 2. The standard InChI is InChI=1S/C10H9Cl3O2S/c11-8-2-1-3-9(12)7(8)6-10(4-5-10)16(13,14)15/h1-3H,4-6H2. The molecule has 0 saturated heterocycles. The van der Waals surface area contributed by atoms with Gasteiger partial charge in [-0.2, -0.15) is 0 Å². The highest BCUT2D eigenvalue weighted by Gasteiger charge is 2.54. The molecule has 88 valence electrons. The predicted molar refractivity (Wildman–Crippen MR) is 66.9 cm³/mol. The molecule has 2 rings (SSSR count). The summed E-state index contributed by atoms with van der Waals surface area (Å²) in [6.07, 6.45) is 1.43. The van der Waals surface area contributed by atoms with Gasteiger partial charge in [-0.25, -0.2) is 8.42 Å². The van der Waals surface area contributed by atoms with E-state index in [-0.39, 0.29) is 6.42 Å². The van der Waals surface area contributed by atoms with Crippen LogP contribution >= 0.6 is 33.9 Å². The van der Waals surface area contributed by atoms with E-state index < -0.39 is 13.8 Å². The minimum absolute atomic E-state index is 0.289. The van der Waals surface area contributed by atoms with Gasteiger partial charge >= 0.3 is 0 Å². The number of hydrogen-bond donors (Lipinski definition) is 0. The van der Waals surface area contributed by atoms with Gasteiger partial charge in [0, 0.05) is 20.7 Å². The van der Waals surface area contributed by atoms with Crippen molar-refractivity contribution in [1.82, 2.24) is 0 Å². The van der Waals surface area contributed by atoms with Crippen LogP contribution in [0.1, 0.15) is 18.4 Å². The van der Waals surface area contributed by atoms with Crippen LogP contribution < -0.4 is 0 Å². The second kappa shape index (κ2) is 4.05. The van der Waals surface area contributed by atoms with Gasteiger partial charge in [-0.3, -0.25) is 0 Å². The molecule has 2 nitrogen and oxygen atoms in total. The zero-order valence-electron chi connectivity index (χ0n) is 8.21. The molecule has 1 aromatic carbocycles. The lowest BCUT2D eigenvalue weighted by atomic mass is 10.1. The minimum atomic E-state index is -3.57. The van der Waals surface area contributed by atoms with Gasteiger partial charge in [0.15, 0.2) is 0 Å². The van der Waals surface area contributed by atoms with E-state index in [1.807, 2.05) is 0 Å². The molecule has 0 atom stereocenters. The van der Waals surface area contributed by atoms with Crippen molar-refractivity contribution < 1.29 is 8.42 Å². The third kappa shape index (κ3) is 2.19. The summed E-state index contributed by atoms with van der Waals surface area (Å²) in [5.74, 6) is 0. The average Bonchev–Trinajstić information content (AvgIpc) is 2.91. The molecule has 0 bridgehead atoms. The monoisotopic (exact) mass is 298 g/mol. The first-order chi connectivity index (χ1) is 7.36. The van der Waals surface area contributed by atoms with Crippen molar-refractivity contribution in [1.29, 1.82) is 0 Å². The van der Waals surface area contributed by atoms with E-state index in [0.717, 1.165) is 0 Å².